The van der Waals surface area contributed by atoms with Gasteiger partial charge in [-0.1, -0.05) is 48.6 Å². The van der Waals surface area contributed by atoms with Crippen LogP contribution in [0.2, 0.25) is 0 Å². The van der Waals surface area contributed by atoms with E-state index in [1.807, 2.05) is 31.2 Å². The van der Waals surface area contributed by atoms with Gasteiger partial charge in [0, 0.05) is 5.56 Å². The molecule has 0 nitrogen and oxygen atoms in total. The third kappa shape index (κ3) is 6.72. The van der Waals surface area contributed by atoms with Crippen LogP contribution in [0.4, 0.5) is 8.78 Å². The topological polar surface area (TPSA) is 0 Å². The maximum Gasteiger partial charge on any atom is 0.139 e. The summed E-state index contributed by atoms with van der Waals surface area (Å²) in [7, 11) is 0. The van der Waals surface area contributed by atoms with Gasteiger partial charge in [0.15, 0.2) is 0 Å². The Morgan fingerprint density at radius 3 is 2.51 bits per heavy atom. The molecule has 2 heteroatoms. The lowest BCUT2D eigenvalue weighted by Gasteiger charge is -2.42. The Labute approximate surface area is 210 Å². The summed E-state index contributed by atoms with van der Waals surface area (Å²) in [5, 5.41) is 0. The highest BCUT2D eigenvalue weighted by Crippen LogP contribution is 2.48. The molecule has 2 saturated carbocycles. The molecule has 2 aliphatic carbocycles. The Hall–Kier alpha value is -2.66. The van der Waals surface area contributed by atoms with E-state index in [2.05, 4.69) is 24.5 Å². The molecule has 0 radical (unpaired) electrons. The Bertz CT molecular complexity index is 1100. The Kier molecular flexibility index (Phi) is 8.97. The van der Waals surface area contributed by atoms with E-state index in [9.17, 15) is 8.78 Å². The molecule has 0 aromatic heterocycles. The van der Waals surface area contributed by atoms with Gasteiger partial charge in [-0.15, -0.1) is 6.58 Å². The number of hydrogen-bond donors (Lipinski definition) is 0. The summed E-state index contributed by atoms with van der Waals surface area (Å²) in [6, 6.07) is 10.6. The van der Waals surface area contributed by atoms with Crippen LogP contribution in [-0.2, 0) is 6.42 Å². The van der Waals surface area contributed by atoms with Crippen molar-refractivity contribution in [1.29, 1.82) is 0 Å². The predicted molar refractivity (Wildman–Crippen MR) is 142 cm³/mol. The molecule has 2 fully saturated rings. The van der Waals surface area contributed by atoms with Crippen molar-refractivity contribution in [3.8, 4) is 11.8 Å². The number of fused-ring (bicyclic) bond motifs is 1. The molecule has 4 rings (SSSR count). The van der Waals surface area contributed by atoms with Crippen molar-refractivity contribution in [3.05, 3.63) is 95.1 Å². The van der Waals surface area contributed by atoms with Crippen LogP contribution in [0, 0.1) is 41.2 Å². The molecular weight excluding hydrogens is 434 g/mol. The third-order valence-corrected chi connectivity index (χ3v) is 8.18. The van der Waals surface area contributed by atoms with Gasteiger partial charge in [0.25, 0.3) is 0 Å². The first-order valence-electron chi connectivity index (χ1n) is 13.4. The van der Waals surface area contributed by atoms with Crippen molar-refractivity contribution < 1.29 is 8.78 Å². The molecule has 0 aliphatic heterocycles. The second-order valence-corrected chi connectivity index (χ2v) is 10.5. The van der Waals surface area contributed by atoms with Gasteiger partial charge in [0.05, 0.1) is 5.56 Å². The minimum Gasteiger partial charge on any atom is -0.207 e. The van der Waals surface area contributed by atoms with Crippen LogP contribution >= 0.6 is 0 Å². The van der Waals surface area contributed by atoms with Gasteiger partial charge < -0.3 is 0 Å². The number of allylic oxidation sites excluding steroid dienone is 3. The summed E-state index contributed by atoms with van der Waals surface area (Å²) in [6.07, 6.45) is 17.6. The lowest BCUT2D eigenvalue weighted by atomic mass is 9.63. The van der Waals surface area contributed by atoms with Crippen LogP contribution in [0.25, 0.3) is 0 Å². The van der Waals surface area contributed by atoms with Crippen LogP contribution in [0.15, 0.2) is 61.2 Å². The third-order valence-electron chi connectivity index (χ3n) is 8.18. The van der Waals surface area contributed by atoms with Crippen molar-refractivity contribution in [2.24, 2.45) is 17.8 Å². The average Bonchev–Trinajstić information content (AvgIpc) is 2.87. The van der Waals surface area contributed by atoms with E-state index in [0.29, 0.717) is 29.0 Å². The molecular formula is C33H38F2. The van der Waals surface area contributed by atoms with Gasteiger partial charge in [0.1, 0.15) is 11.6 Å². The quantitative estimate of drug-likeness (QED) is 0.278. The minimum atomic E-state index is -0.270. The van der Waals surface area contributed by atoms with Crippen LogP contribution in [0.5, 0.6) is 0 Å². The van der Waals surface area contributed by atoms with Crippen molar-refractivity contribution in [2.75, 3.05) is 0 Å². The van der Waals surface area contributed by atoms with E-state index in [0.717, 1.165) is 42.6 Å². The molecule has 2 aromatic rings. The zero-order valence-electron chi connectivity index (χ0n) is 21.0. The average molecular weight is 473 g/mol. The van der Waals surface area contributed by atoms with Crippen molar-refractivity contribution in [2.45, 2.75) is 77.0 Å². The molecule has 4 unspecified atom stereocenters. The van der Waals surface area contributed by atoms with E-state index >= 15 is 0 Å². The first-order chi connectivity index (χ1) is 17.1. The lowest BCUT2D eigenvalue weighted by Crippen LogP contribution is -2.30. The van der Waals surface area contributed by atoms with E-state index in [-0.39, 0.29) is 11.6 Å². The monoisotopic (exact) mass is 472 g/mol. The second kappa shape index (κ2) is 12.3. The molecule has 2 aromatic carbocycles. The molecule has 0 saturated heterocycles. The highest BCUT2D eigenvalue weighted by Gasteiger charge is 2.35. The smallest absolute Gasteiger partial charge is 0.139 e. The van der Waals surface area contributed by atoms with Crippen LogP contribution in [0.1, 0.15) is 92.9 Å². The summed E-state index contributed by atoms with van der Waals surface area (Å²) >= 11 is 0. The van der Waals surface area contributed by atoms with Gasteiger partial charge >= 0.3 is 0 Å². The standard InChI is InChI=1S/C33H38F2/c1-3-5-7-9-26-13-10-25(21-32(26)34)11-14-27-16-17-31(23-33(27)35)30-19-18-28-20-24(8-6-4-2)12-15-29(28)22-30/h3-5,10,13,16-17,21,23-24,28-30H,2,6-9,12,15,18-20,22H2,1H3/b5-3+. The number of halogens is 2. The van der Waals surface area contributed by atoms with Crippen molar-refractivity contribution in [1.82, 2.24) is 0 Å². The molecule has 0 spiro atoms. The fourth-order valence-electron chi connectivity index (χ4n) is 6.16. The summed E-state index contributed by atoms with van der Waals surface area (Å²) < 4.78 is 29.3. The zero-order chi connectivity index (χ0) is 24.6. The maximum absolute atomic E-state index is 14.9. The molecule has 4 atom stereocenters. The summed E-state index contributed by atoms with van der Waals surface area (Å²) in [4.78, 5) is 0. The molecule has 0 bridgehead atoms. The molecule has 0 heterocycles. The highest BCUT2D eigenvalue weighted by atomic mass is 19.1. The van der Waals surface area contributed by atoms with Gasteiger partial charge in [-0.25, -0.2) is 8.78 Å². The second-order valence-electron chi connectivity index (χ2n) is 10.5. The van der Waals surface area contributed by atoms with Crippen LogP contribution < -0.4 is 0 Å². The molecule has 0 amide bonds. The molecule has 35 heavy (non-hydrogen) atoms. The Morgan fingerprint density at radius 1 is 0.914 bits per heavy atom. The lowest BCUT2D eigenvalue weighted by molar-refractivity contribution is 0.115. The number of benzene rings is 2. The summed E-state index contributed by atoms with van der Waals surface area (Å²) in [5.41, 5.74) is 2.74. The summed E-state index contributed by atoms with van der Waals surface area (Å²) in [5.74, 6) is 8.28. The SMILES string of the molecule is C=CCCC1CCC2CC(c3ccc(C#Cc4ccc(CC/C=C/C)c(F)c4)c(F)c3)CCC2C1. The van der Waals surface area contributed by atoms with Crippen LogP contribution in [0.3, 0.4) is 0 Å². The highest BCUT2D eigenvalue weighted by molar-refractivity contribution is 5.45. The van der Waals surface area contributed by atoms with E-state index in [4.69, 9.17) is 0 Å². The van der Waals surface area contributed by atoms with Crippen molar-refractivity contribution in [3.63, 3.8) is 0 Å². The Balaban J connectivity index is 1.37. The zero-order valence-corrected chi connectivity index (χ0v) is 21.0. The van der Waals surface area contributed by atoms with Gasteiger partial charge in [0.2, 0.25) is 0 Å². The first kappa shape index (κ1) is 25.4. The summed E-state index contributed by atoms with van der Waals surface area (Å²) in [6.45, 7) is 5.83. The van der Waals surface area contributed by atoms with Gasteiger partial charge in [-0.2, -0.15) is 0 Å². The number of hydrogen-bond acceptors (Lipinski definition) is 0. The normalized spacial score (nSPS) is 24.0. The van der Waals surface area contributed by atoms with E-state index in [1.54, 1.807) is 18.2 Å². The Morgan fingerprint density at radius 2 is 1.74 bits per heavy atom. The molecule has 0 N–H and O–H groups in total. The fraction of sp³-hybridized carbons (Fsp3) is 0.455. The maximum atomic E-state index is 14.9. The largest absolute Gasteiger partial charge is 0.207 e. The molecule has 2 aliphatic rings. The first-order valence-corrected chi connectivity index (χ1v) is 13.4. The van der Waals surface area contributed by atoms with Crippen molar-refractivity contribution >= 4 is 0 Å². The van der Waals surface area contributed by atoms with Gasteiger partial charge in [-0.3, -0.25) is 0 Å². The fourth-order valence-corrected chi connectivity index (χ4v) is 6.16. The minimum absolute atomic E-state index is 0.248. The molecule has 184 valence electrons. The number of aryl methyl sites for hydroxylation is 1. The van der Waals surface area contributed by atoms with E-state index in [1.165, 1.54) is 44.6 Å². The van der Waals surface area contributed by atoms with Crippen LogP contribution in [-0.4, -0.2) is 0 Å². The predicted octanol–water partition coefficient (Wildman–Crippen LogP) is 9.14. The van der Waals surface area contributed by atoms with Gasteiger partial charge in [-0.05, 0) is 124 Å². The number of rotatable bonds is 7. The van der Waals surface area contributed by atoms with E-state index < -0.39 is 0 Å².